The van der Waals surface area contributed by atoms with Crippen molar-refractivity contribution in [3.05, 3.63) is 58.9 Å². The molecule has 0 saturated heterocycles. The van der Waals surface area contributed by atoms with Crippen molar-refractivity contribution < 1.29 is 4.79 Å². The highest BCUT2D eigenvalue weighted by molar-refractivity contribution is 6.04. The fraction of sp³-hybridized carbons (Fsp3) is 0.350. The first-order valence-corrected chi connectivity index (χ1v) is 8.63. The number of carbonyl (C=O) groups is 1. The molecule has 5 heteroatoms. The fourth-order valence-electron chi connectivity index (χ4n) is 3.48. The van der Waals surface area contributed by atoms with Gasteiger partial charge in [0.2, 0.25) is 0 Å². The summed E-state index contributed by atoms with van der Waals surface area (Å²) in [5.74, 6) is 0.309. The summed E-state index contributed by atoms with van der Waals surface area (Å²) in [4.78, 5) is 16.8. The molecule has 126 valence electrons. The molecule has 0 radical (unpaired) electrons. The van der Waals surface area contributed by atoms with Crippen molar-refractivity contribution in [2.75, 3.05) is 11.9 Å². The van der Waals surface area contributed by atoms with E-state index in [1.807, 2.05) is 18.2 Å². The smallest absolute Gasteiger partial charge is 0.255 e. The van der Waals surface area contributed by atoms with Gasteiger partial charge in [-0.3, -0.25) is 9.78 Å². The summed E-state index contributed by atoms with van der Waals surface area (Å²) in [5.41, 5.74) is 4.25. The van der Waals surface area contributed by atoms with E-state index >= 15 is 0 Å². The molecular formula is C20H20N4O. The molecule has 1 aromatic heterocycles. The third kappa shape index (κ3) is 2.90. The SMILES string of the molecule is C[C@H]1CNCc2cc(C(=O)Nc3cncc(C4(C#N)CC4)c3)ccc21. The number of pyridine rings is 1. The predicted octanol–water partition coefficient (Wildman–Crippen LogP) is 3.10. The van der Waals surface area contributed by atoms with Gasteiger partial charge in [0, 0.05) is 24.8 Å². The molecule has 1 atom stereocenters. The first kappa shape index (κ1) is 15.8. The van der Waals surface area contributed by atoms with Crippen LogP contribution in [0.1, 0.15) is 52.7 Å². The summed E-state index contributed by atoms with van der Waals surface area (Å²) in [7, 11) is 0. The Hall–Kier alpha value is -2.71. The minimum Gasteiger partial charge on any atom is -0.321 e. The zero-order valence-electron chi connectivity index (χ0n) is 14.2. The Kier molecular flexibility index (Phi) is 3.78. The zero-order chi connectivity index (χ0) is 17.4. The number of nitrogens with zero attached hydrogens (tertiary/aromatic N) is 2. The maximum atomic E-state index is 12.6. The van der Waals surface area contributed by atoms with Crippen molar-refractivity contribution in [1.82, 2.24) is 10.3 Å². The molecule has 0 unspecified atom stereocenters. The summed E-state index contributed by atoms with van der Waals surface area (Å²) in [6.07, 6.45) is 5.06. The number of benzene rings is 1. The van der Waals surface area contributed by atoms with Gasteiger partial charge >= 0.3 is 0 Å². The molecule has 4 rings (SSSR count). The third-order valence-electron chi connectivity index (χ3n) is 5.21. The third-order valence-corrected chi connectivity index (χ3v) is 5.21. The van der Waals surface area contributed by atoms with Gasteiger partial charge in [0.05, 0.1) is 23.4 Å². The summed E-state index contributed by atoms with van der Waals surface area (Å²) in [5, 5.41) is 15.6. The molecule has 2 heterocycles. The second kappa shape index (κ2) is 5.98. The quantitative estimate of drug-likeness (QED) is 0.905. The van der Waals surface area contributed by atoms with Crippen LogP contribution in [0.3, 0.4) is 0 Å². The van der Waals surface area contributed by atoms with E-state index in [1.54, 1.807) is 12.4 Å². The molecule has 1 saturated carbocycles. The average molecular weight is 332 g/mol. The molecule has 2 N–H and O–H groups in total. The van der Waals surface area contributed by atoms with Crippen molar-refractivity contribution in [3.63, 3.8) is 0 Å². The number of carbonyl (C=O) groups excluding carboxylic acids is 1. The summed E-state index contributed by atoms with van der Waals surface area (Å²) < 4.78 is 0. The lowest BCUT2D eigenvalue weighted by Crippen LogP contribution is -2.27. The average Bonchev–Trinajstić information content (AvgIpc) is 3.43. The second-order valence-electron chi connectivity index (χ2n) is 7.06. The van der Waals surface area contributed by atoms with E-state index in [1.165, 1.54) is 11.1 Å². The maximum absolute atomic E-state index is 12.6. The van der Waals surface area contributed by atoms with Gasteiger partial charge in [-0.2, -0.15) is 5.26 Å². The number of amides is 1. The Morgan fingerprint density at radius 1 is 1.36 bits per heavy atom. The van der Waals surface area contributed by atoms with Gasteiger partial charge in [0.15, 0.2) is 0 Å². The van der Waals surface area contributed by atoms with Crippen molar-refractivity contribution in [3.8, 4) is 6.07 Å². The highest BCUT2D eigenvalue weighted by atomic mass is 16.1. The van der Waals surface area contributed by atoms with Crippen LogP contribution in [0.15, 0.2) is 36.7 Å². The van der Waals surface area contributed by atoms with Crippen LogP contribution in [-0.4, -0.2) is 17.4 Å². The fourth-order valence-corrected chi connectivity index (χ4v) is 3.48. The minimum absolute atomic E-state index is 0.151. The van der Waals surface area contributed by atoms with Gasteiger partial charge in [-0.25, -0.2) is 0 Å². The number of anilines is 1. The Bertz CT molecular complexity index is 880. The van der Waals surface area contributed by atoms with Gasteiger partial charge in [0.25, 0.3) is 5.91 Å². The molecule has 0 bridgehead atoms. The summed E-state index contributed by atoms with van der Waals surface area (Å²) in [6.45, 7) is 3.95. The zero-order valence-corrected chi connectivity index (χ0v) is 14.2. The van der Waals surface area contributed by atoms with E-state index in [9.17, 15) is 10.1 Å². The van der Waals surface area contributed by atoms with Crippen LogP contribution >= 0.6 is 0 Å². The van der Waals surface area contributed by atoms with Crippen LogP contribution < -0.4 is 10.6 Å². The Morgan fingerprint density at radius 3 is 2.96 bits per heavy atom. The van der Waals surface area contributed by atoms with Crippen LogP contribution in [0, 0.1) is 11.3 Å². The van der Waals surface area contributed by atoms with E-state index in [2.05, 4.69) is 34.7 Å². The topological polar surface area (TPSA) is 77.8 Å². The first-order valence-electron chi connectivity index (χ1n) is 8.63. The molecule has 5 nitrogen and oxygen atoms in total. The molecule has 1 aliphatic carbocycles. The van der Waals surface area contributed by atoms with Crippen molar-refractivity contribution in [2.45, 2.75) is 37.6 Å². The molecule has 2 aromatic rings. The molecule has 1 amide bonds. The first-order chi connectivity index (χ1) is 12.1. The number of aromatic nitrogens is 1. The number of rotatable bonds is 3. The molecule has 25 heavy (non-hydrogen) atoms. The molecular weight excluding hydrogens is 312 g/mol. The van der Waals surface area contributed by atoms with Gasteiger partial charge < -0.3 is 10.6 Å². The summed E-state index contributed by atoms with van der Waals surface area (Å²) >= 11 is 0. The Balaban J connectivity index is 1.55. The predicted molar refractivity (Wildman–Crippen MR) is 95.3 cm³/mol. The number of fused-ring (bicyclic) bond motifs is 1. The lowest BCUT2D eigenvalue weighted by Gasteiger charge is -2.23. The Labute approximate surface area is 147 Å². The number of hydrogen-bond acceptors (Lipinski definition) is 4. The highest BCUT2D eigenvalue weighted by Gasteiger charge is 2.45. The van der Waals surface area contributed by atoms with Crippen molar-refractivity contribution >= 4 is 11.6 Å². The minimum atomic E-state index is -0.401. The largest absolute Gasteiger partial charge is 0.321 e. The molecule has 1 fully saturated rings. The van der Waals surface area contributed by atoms with Crippen molar-refractivity contribution in [1.29, 1.82) is 5.26 Å². The van der Waals surface area contributed by atoms with Gasteiger partial charge in [-0.05, 0) is 53.6 Å². The van der Waals surface area contributed by atoms with E-state index in [0.29, 0.717) is 17.2 Å². The van der Waals surface area contributed by atoms with Crippen LogP contribution in [0.5, 0.6) is 0 Å². The monoisotopic (exact) mass is 332 g/mol. The molecule has 0 spiro atoms. The van der Waals surface area contributed by atoms with E-state index in [0.717, 1.165) is 31.5 Å². The van der Waals surface area contributed by atoms with E-state index < -0.39 is 5.41 Å². The maximum Gasteiger partial charge on any atom is 0.255 e. The van der Waals surface area contributed by atoms with E-state index in [-0.39, 0.29) is 5.91 Å². The lowest BCUT2D eigenvalue weighted by molar-refractivity contribution is 0.102. The van der Waals surface area contributed by atoms with Gasteiger partial charge in [-0.15, -0.1) is 0 Å². The van der Waals surface area contributed by atoms with Crippen LogP contribution in [-0.2, 0) is 12.0 Å². The van der Waals surface area contributed by atoms with Gasteiger partial charge in [0.1, 0.15) is 0 Å². The number of nitriles is 1. The molecule has 1 aliphatic heterocycles. The second-order valence-corrected chi connectivity index (χ2v) is 7.06. The van der Waals surface area contributed by atoms with E-state index in [4.69, 9.17) is 0 Å². The van der Waals surface area contributed by atoms with Crippen LogP contribution in [0.25, 0.3) is 0 Å². The lowest BCUT2D eigenvalue weighted by atomic mass is 9.91. The Morgan fingerprint density at radius 2 is 2.20 bits per heavy atom. The standard InChI is InChI=1S/C20H20N4O/c1-13-8-22-9-15-6-14(2-3-18(13)15)19(25)24-17-7-16(10-23-11-17)20(12-21)4-5-20/h2-3,6-7,10-11,13,22H,4-5,8-9H2,1H3,(H,24,25)/t13-/m0/s1. The summed E-state index contributed by atoms with van der Waals surface area (Å²) in [6, 6.07) is 10.1. The number of hydrogen-bond donors (Lipinski definition) is 2. The molecule has 2 aliphatic rings. The van der Waals surface area contributed by atoms with Crippen molar-refractivity contribution in [2.24, 2.45) is 0 Å². The normalized spacial score (nSPS) is 20.2. The molecule has 1 aromatic carbocycles. The van der Waals surface area contributed by atoms with Crippen LogP contribution in [0.4, 0.5) is 5.69 Å². The highest BCUT2D eigenvalue weighted by Crippen LogP contribution is 2.47. The number of nitrogens with one attached hydrogen (secondary N) is 2. The van der Waals surface area contributed by atoms with Crippen LogP contribution in [0.2, 0.25) is 0 Å². The van der Waals surface area contributed by atoms with Gasteiger partial charge in [-0.1, -0.05) is 13.0 Å².